The van der Waals surface area contributed by atoms with E-state index in [4.69, 9.17) is 5.73 Å². The summed E-state index contributed by atoms with van der Waals surface area (Å²) in [5.74, 6) is -9.71. The average molecular weight is 244 g/mol. The van der Waals surface area contributed by atoms with Gasteiger partial charge in [0.1, 0.15) is 17.0 Å². The molecule has 1 aromatic rings. The van der Waals surface area contributed by atoms with E-state index in [-0.39, 0.29) is 0 Å². The molecular weight excluding hydrogens is 242 g/mol. The van der Waals surface area contributed by atoms with E-state index in [0.717, 1.165) is 0 Å². The topological polar surface area (TPSA) is 75.4 Å². The average Bonchev–Trinajstić information content (AvgIpc) is 2.18. The molecule has 0 amide bonds. The van der Waals surface area contributed by atoms with Crippen molar-refractivity contribution < 1.29 is 30.5 Å². The van der Waals surface area contributed by atoms with Crippen LogP contribution in [-0.4, -0.2) is 8.76 Å². The molecule has 15 heavy (non-hydrogen) atoms. The molecule has 0 aromatic heterocycles. The molecule has 1 unspecified atom stereocenters. The largest absolute Gasteiger partial charge is 0.740 e. The zero-order chi connectivity index (χ0) is 11.7. The Morgan fingerprint density at radius 3 is 2.00 bits per heavy atom. The Labute approximate surface area is 83.1 Å². The van der Waals surface area contributed by atoms with E-state index in [1.54, 1.807) is 0 Å². The minimum absolute atomic E-state index is 1.27. The molecule has 4 nitrogen and oxygen atoms in total. The van der Waals surface area contributed by atoms with Crippen molar-refractivity contribution in [1.82, 2.24) is 0 Å². The first-order chi connectivity index (χ1) is 6.86. The fraction of sp³-hybridized carbons (Fsp3) is 0. The second kappa shape index (κ2) is 4.03. The van der Waals surface area contributed by atoms with Crippen molar-refractivity contribution in [2.75, 3.05) is 5.73 Å². The second-order valence-corrected chi connectivity index (χ2v) is 2.86. The van der Waals surface area contributed by atoms with Crippen LogP contribution in [0.25, 0.3) is 0 Å². The molecule has 0 aliphatic heterocycles. The highest BCUT2D eigenvalue weighted by Gasteiger charge is 2.25. The molecule has 1 aromatic carbocycles. The molecule has 2 N–H and O–H groups in total. The molecule has 0 bridgehead atoms. The van der Waals surface area contributed by atoms with Crippen molar-refractivity contribution in [3.8, 4) is 5.75 Å². The minimum Gasteiger partial charge on any atom is -0.740 e. The van der Waals surface area contributed by atoms with E-state index in [1.807, 2.05) is 0 Å². The fourth-order valence-electron chi connectivity index (χ4n) is 0.778. The first-order valence-corrected chi connectivity index (χ1v) is 4.25. The van der Waals surface area contributed by atoms with Crippen LogP contribution in [0, 0.1) is 23.3 Å². The first kappa shape index (κ1) is 11.7. The molecule has 1 atom stereocenters. The summed E-state index contributed by atoms with van der Waals surface area (Å²) < 4.78 is 74.2. The molecule has 0 saturated heterocycles. The lowest BCUT2D eigenvalue weighted by molar-refractivity contribution is 0.379. The maximum atomic E-state index is 12.8. The molecular formula is C6H2F4NO3S-. The van der Waals surface area contributed by atoms with Crippen molar-refractivity contribution in [2.24, 2.45) is 0 Å². The van der Waals surface area contributed by atoms with Gasteiger partial charge in [0, 0.05) is 0 Å². The number of hydrogen-bond donors (Lipinski definition) is 1. The Morgan fingerprint density at radius 1 is 1.07 bits per heavy atom. The van der Waals surface area contributed by atoms with Gasteiger partial charge in [0.15, 0.2) is 11.6 Å². The van der Waals surface area contributed by atoms with E-state index >= 15 is 0 Å². The third kappa shape index (κ3) is 2.02. The highest BCUT2D eigenvalue weighted by molar-refractivity contribution is 7.74. The van der Waals surface area contributed by atoms with Crippen LogP contribution in [0.2, 0.25) is 0 Å². The van der Waals surface area contributed by atoms with Crippen LogP contribution < -0.4 is 9.92 Å². The number of rotatable bonds is 2. The summed E-state index contributed by atoms with van der Waals surface area (Å²) >= 11 is -3.29. The summed E-state index contributed by atoms with van der Waals surface area (Å²) in [7, 11) is 0. The highest BCUT2D eigenvalue weighted by Crippen LogP contribution is 2.32. The summed E-state index contributed by atoms with van der Waals surface area (Å²) in [6.07, 6.45) is 0. The maximum Gasteiger partial charge on any atom is 0.207 e. The van der Waals surface area contributed by atoms with Crippen molar-refractivity contribution in [3.05, 3.63) is 23.3 Å². The van der Waals surface area contributed by atoms with Crippen LogP contribution in [-0.2, 0) is 11.4 Å². The van der Waals surface area contributed by atoms with Gasteiger partial charge in [-0.2, -0.15) is 4.39 Å². The van der Waals surface area contributed by atoms with Gasteiger partial charge in [-0.1, -0.05) is 0 Å². The number of anilines is 1. The lowest BCUT2D eigenvalue weighted by Gasteiger charge is -2.11. The summed E-state index contributed by atoms with van der Waals surface area (Å²) in [5.41, 5.74) is 3.51. The van der Waals surface area contributed by atoms with Crippen LogP contribution in [0.5, 0.6) is 5.75 Å². The Morgan fingerprint density at radius 2 is 1.53 bits per heavy atom. The number of hydrogen-bond acceptors (Lipinski definition) is 4. The van der Waals surface area contributed by atoms with Crippen molar-refractivity contribution in [3.63, 3.8) is 0 Å². The molecule has 0 aliphatic carbocycles. The molecule has 0 heterocycles. The molecule has 84 valence electrons. The van der Waals surface area contributed by atoms with Crippen molar-refractivity contribution >= 4 is 17.0 Å². The second-order valence-electron chi connectivity index (χ2n) is 2.29. The van der Waals surface area contributed by atoms with E-state index in [9.17, 15) is 26.3 Å². The van der Waals surface area contributed by atoms with Crippen LogP contribution in [0.3, 0.4) is 0 Å². The van der Waals surface area contributed by atoms with Gasteiger partial charge in [0.25, 0.3) is 0 Å². The highest BCUT2D eigenvalue weighted by atomic mass is 32.2. The van der Waals surface area contributed by atoms with Crippen molar-refractivity contribution in [1.29, 1.82) is 0 Å². The maximum absolute atomic E-state index is 12.8. The zero-order valence-corrected chi connectivity index (χ0v) is 7.54. The van der Waals surface area contributed by atoms with Gasteiger partial charge in [-0.05, 0) is 0 Å². The SMILES string of the molecule is Nc1c(F)c(F)c(F)c(F)c1OS(=O)[O-]. The first-order valence-electron chi connectivity index (χ1n) is 3.25. The van der Waals surface area contributed by atoms with Crippen LogP contribution >= 0.6 is 0 Å². The lowest BCUT2D eigenvalue weighted by Crippen LogP contribution is -2.09. The summed E-state index contributed by atoms with van der Waals surface area (Å²) in [6, 6.07) is 0. The van der Waals surface area contributed by atoms with Gasteiger partial charge >= 0.3 is 0 Å². The quantitative estimate of drug-likeness (QED) is 0.277. The van der Waals surface area contributed by atoms with E-state index in [1.165, 1.54) is 0 Å². The number of nitrogens with two attached hydrogens (primary N) is 1. The van der Waals surface area contributed by atoms with E-state index in [2.05, 4.69) is 4.18 Å². The van der Waals surface area contributed by atoms with E-state index in [0.29, 0.717) is 0 Å². The number of halogens is 4. The molecule has 0 radical (unpaired) electrons. The fourth-order valence-corrected chi connectivity index (χ4v) is 1.08. The smallest absolute Gasteiger partial charge is 0.207 e. The van der Waals surface area contributed by atoms with Gasteiger partial charge in [-0.15, -0.1) is 0 Å². The molecule has 0 aliphatic rings. The minimum atomic E-state index is -3.29. The van der Waals surface area contributed by atoms with Gasteiger partial charge in [0.05, 0.1) is 0 Å². The normalized spacial score (nSPS) is 12.6. The third-order valence-electron chi connectivity index (χ3n) is 1.41. The standard InChI is InChI=1S/C6H3F4NO3S/c7-1-2(8)4(10)6(14-15(12)13)5(11)3(1)9/h11H2,(H,12,13)/p-1. The Balaban J connectivity index is 3.45. The number of nitrogen functional groups attached to an aromatic ring is 1. The summed E-state index contributed by atoms with van der Waals surface area (Å²) in [6.45, 7) is 0. The Kier molecular flexibility index (Phi) is 3.15. The molecule has 1 rings (SSSR count). The van der Waals surface area contributed by atoms with Crippen LogP contribution in [0.4, 0.5) is 23.2 Å². The monoisotopic (exact) mass is 244 g/mol. The molecule has 9 heteroatoms. The molecule has 0 spiro atoms. The van der Waals surface area contributed by atoms with Crippen LogP contribution in [0.1, 0.15) is 0 Å². The zero-order valence-electron chi connectivity index (χ0n) is 6.72. The van der Waals surface area contributed by atoms with E-state index < -0.39 is 46.1 Å². The molecule has 0 saturated carbocycles. The third-order valence-corrected chi connectivity index (χ3v) is 1.71. The summed E-state index contributed by atoms with van der Waals surface area (Å²) in [5, 5.41) is 0. The van der Waals surface area contributed by atoms with Crippen molar-refractivity contribution in [2.45, 2.75) is 0 Å². The van der Waals surface area contributed by atoms with Gasteiger partial charge < -0.3 is 14.5 Å². The number of benzene rings is 1. The van der Waals surface area contributed by atoms with Crippen LogP contribution in [0.15, 0.2) is 0 Å². The van der Waals surface area contributed by atoms with Gasteiger partial charge in [0.2, 0.25) is 17.4 Å². The summed E-state index contributed by atoms with van der Waals surface area (Å²) in [4.78, 5) is 0. The lowest BCUT2D eigenvalue weighted by atomic mass is 10.2. The Bertz CT molecular complexity index is 410. The Hall–Kier alpha value is -1.35. The molecule has 0 fully saturated rings. The predicted octanol–water partition coefficient (Wildman–Crippen LogP) is 0.998. The van der Waals surface area contributed by atoms with Gasteiger partial charge in [-0.3, -0.25) is 0 Å². The van der Waals surface area contributed by atoms with Gasteiger partial charge in [-0.25, -0.2) is 17.4 Å². The predicted molar refractivity (Wildman–Crippen MR) is 40.2 cm³/mol.